The van der Waals surface area contributed by atoms with Crippen LogP contribution in [-0.4, -0.2) is 33.1 Å². The second kappa shape index (κ2) is 8.57. The number of para-hydroxylation sites is 4. The Balaban J connectivity index is 0.00000245. The molecule has 8 heteroatoms. The van der Waals surface area contributed by atoms with E-state index < -0.39 is 0 Å². The van der Waals surface area contributed by atoms with Crippen molar-refractivity contribution < 1.29 is 21.1 Å². The number of aromatic nitrogens is 7. The van der Waals surface area contributed by atoms with Crippen LogP contribution < -0.4 is 0 Å². The molecule has 9 rings (SSSR count). The first-order valence-corrected chi connectivity index (χ1v) is 12.7. The van der Waals surface area contributed by atoms with Crippen LogP contribution >= 0.6 is 0 Å². The van der Waals surface area contributed by atoms with Gasteiger partial charge in [0.05, 0.1) is 22.1 Å². The van der Waals surface area contributed by atoms with Crippen LogP contribution in [-0.2, 0) is 21.1 Å². The van der Waals surface area contributed by atoms with Crippen LogP contribution in [0.5, 0.6) is 0 Å². The number of rotatable bonds is 2. The van der Waals surface area contributed by atoms with Gasteiger partial charge in [0.2, 0.25) is 17.3 Å². The average molecular weight is 695 g/mol. The third kappa shape index (κ3) is 3.15. The van der Waals surface area contributed by atoms with Crippen LogP contribution in [0.25, 0.3) is 72.8 Å². The molecule has 0 saturated heterocycles. The van der Waals surface area contributed by atoms with Crippen LogP contribution in [0, 0.1) is 12.1 Å². The summed E-state index contributed by atoms with van der Waals surface area (Å²) in [4.78, 5) is 19.6. The number of benzene rings is 4. The van der Waals surface area contributed by atoms with Gasteiger partial charge in [0.1, 0.15) is 0 Å². The van der Waals surface area contributed by atoms with E-state index in [0.717, 1.165) is 72.8 Å². The summed E-state index contributed by atoms with van der Waals surface area (Å²) in [7, 11) is 0. The monoisotopic (exact) mass is 694 g/mol. The average Bonchev–Trinajstić information content (AvgIpc) is 3.68. The van der Waals surface area contributed by atoms with Crippen LogP contribution in [0.4, 0.5) is 0 Å². The van der Waals surface area contributed by atoms with E-state index >= 15 is 0 Å². The number of imidazole rings is 3. The SMILES string of the molecule is [Pt+2].[c-]1c(-c2[c-]c3c(cc2)nc2n3c3nc4ccccc4n3c3nc4ccccc4n23)cccc1-c1ccccn1. The van der Waals surface area contributed by atoms with Crippen molar-refractivity contribution in [1.82, 2.24) is 33.1 Å². The van der Waals surface area contributed by atoms with Gasteiger partial charge in [-0.25, -0.2) is 24.3 Å². The minimum Gasteiger partial charge on any atom is -0.295 e. The molecule has 0 saturated carbocycles. The summed E-state index contributed by atoms with van der Waals surface area (Å²) in [5, 5.41) is 0. The van der Waals surface area contributed by atoms with Crippen LogP contribution in [0.3, 0.4) is 0 Å². The molecular weight excluding hydrogens is 677 g/mol. The zero-order chi connectivity index (χ0) is 25.5. The molecule has 0 aliphatic rings. The van der Waals surface area contributed by atoms with Crippen molar-refractivity contribution in [1.29, 1.82) is 0 Å². The van der Waals surface area contributed by atoms with Crippen molar-refractivity contribution in [2.24, 2.45) is 0 Å². The largest absolute Gasteiger partial charge is 2.00 e. The molecule has 0 bridgehead atoms. The normalized spacial score (nSPS) is 11.8. The molecule has 0 atom stereocenters. The molecule has 4 aromatic carbocycles. The molecule has 0 aliphatic carbocycles. The summed E-state index contributed by atoms with van der Waals surface area (Å²) < 4.78 is 6.30. The zero-order valence-corrected chi connectivity index (χ0v) is 23.0. The van der Waals surface area contributed by atoms with E-state index in [2.05, 4.69) is 42.5 Å². The molecule has 0 amide bonds. The third-order valence-electron chi connectivity index (χ3n) is 7.26. The van der Waals surface area contributed by atoms with Gasteiger partial charge >= 0.3 is 21.1 Å². The predicted molar refractivity (Wildman–Crippen MR) is 152 cm³/mol. The number of pyridine rings is 1. The molecule has 5 heterocycles. The minimum absolute atomic E-state index is 0. The van der Waals surface area contributed by atoms with Gasteiger partial charge in [0.15, 0.2) is 0 Å². The Kier molecular flexibility index (Phi) is 4.94. The van der Waals surface area contributed by atoms with Gasteiger partial charge in [-0.2, -0.15) is 29.8 Å². The Morgan fingerprint density at radius 2 is 1.07 bits per heavy atom. The van der Waals surface area contributed by atoms with Gasteiger partial charge in [-0.3, -0.25) is 14.4 Å². The Hall–Kier alpha value is -4.87. The van der Waals surface area contributed by atoms with E-state index in [1.165, 1.54) is 0 Å². The maximum atomic E-state index is 5.07. The van der Waals surface area contributed by atoms with Crippen molar-refractivity contribution in [2.75, 3.05) is 0 Å². The van der Waals surface area contributed by atoms with E-state index in [1.807, 2.05) is 84.9 Å². The Morgan fingerprint density at radius 1 is 0.475 bits per heavy atom. The van der Waals surface area contributed by atoms with Gasteiger partial charge in [0.25, 0.3) is 0 Å². The Bertz CT molecular complexity index is 2360. The molecule has 40 heavy (non-hydrogen) atoms. The number of hydrogen-bond acceptors (Lipinski definition) is 4. The van der Waals surface area contributed by atoms with Gasteiger partial charge in [0, 0.05) is 17.4 Å². The van der Waals surface area contributed by atoms with Crippen molar-refractivity contribution in [2.45, 2.75) is 0 Å². The molecule has 0 unspecified atom stereocenters. The number of fused-ring (bicyclic) bond motifs is 12. The molecular formula is C32H17N7Pt. The maximum Gasteiger partial charge on any atom is 2.00 e. The fourth-order valence-electron chi connectivity index (χ4n) is 5.51. The number of hydrogen-bond donors (Lipinski definition) is 0. The molecule has 190 valence electrons. The maximum absolute atomic E-state index is 5.07. The zero-order valence-electron chi connectivity index (χ0n) is 20.8. The van der Waals surface area contributed by atoms with Crippen LogP contribution in [0.2, 0.25) is 0 Å². The van der Waals surface area contributed by atoms with E-state index in [0.29, 0.717) is 0 Å². The Morgan fingerprint density at radius 3 is 1.77 bits per heavy atom. The summed E-state index contributed by atoms with van der Waals surface area (Å²) in [5.41, 5.74) is 9.14. The van der Waals surface area contributed by atoms with E-state index in [1.54, 1.807) is 6.20 Å². The van der Waals surface area contributed by atoms with Crippen LogP contribution in [0.15, 0.2) is 103 Å². The predicted octanol–water partition coefficient (Wildman–Crippen LogP) is 6.42. The fraction of sp³-hybridized carbons (Fsp3) is 0. The summed E-state index contributed by atoms with van der Waals surface area (Å²) in [5.74, 6) is 2.27. The molecule has 0 N–H and O–H groups in total. The topological polar surface area (TPSA) is 64.8 Å². The van der Waals surface area contributed by atoms with Crippen molar-refractivity contribution in [3.8, 4) is 22.4 Å². The summed E-state index contributed by atoms with van der Waals surface area (Å²) in [6.07, 6.45) is 1.80. The summed E-state index contributed by atoms with van der Waals surface area (Å²) in [6, 6.07) is 39.5. The van der Waals surface area contributed by atoms with Crippen molar-refractivity contribution in [3.63, 3.8) is 0 Å². The number of nitrogens with zero attached hydrogens (tertiary/aromatic N) is 7. The molecule has 0 aliphatic heterocycles. The van der Waals surface area contributed by atoms with Gasteiger partial charge < -0.3 is 0 Å². The van der Waals surface area contributed by atoms with Gasteiger partial charge in [-0.15, -0.1) is 23.8 Å². The first-order valence-electron chi connectivity index (χ1n) is 12.7. The van der Waals surface area contributed by atoms with E-state index in [4.69, 9.17) is 15.0 Å². The molecule has 0 radical (unpaired) electrons. The summed E-state index contributed by atoms with van der Waals surface area (Å²) in [6.45, 7) is 0. The molecule has 9 aromatic rings. The Labute approximate surface area is 241 Å². The second-order valence-corrected chi connectivity index (χ2v) is 9.52. The first kappa shape index (κ1) is 23.1. The summed E-state index contributed by atoms with van der Waals surface area (Å²) >= 11 is 0. The van der Waals surface area contributed by atoms with Gasteiger partial charge in [-0.1, -0.05) is 36.4 Å². The standard InChI is InChI=1S/C32H17N7.Pt/c1-3-13-27-24(11-1)34-30-37-28-14-4-2-12-25(28)35-31(37)39-29-19-21(15-16-26(29)36-32(39)38(27)30)20-8-7-9-22(18-20)23-10-5-6-17-33-23;/h1-17H;/q-2;+2. The van der Waals surface area contributed by atoms with Crippen molar-refractivity contribution >= 4 is 50.4 Å². The minimum atomic E-state index is 0. The molecule has 7 nitrogen and oxygen atoms in total. The smallest absolute Gasteiger partial charge is 0.295 e. The third-order valence-corrected chi connectivity index (χ3v) is 7.26. The molecule has 5 aromatic heterocycles. The van der Waals surface area contributed by atoms with E-state index in [-0.39, 0.29) is 21.1 Å². The second-order valence-electron chi connectivity index (χ2n) is 9.52. The first-order chi connectivity index (χ1) is 19.3. The van der Waals surface area contributed by atoms with E-state index in [9.17, 15) is 0 Å². The quantitative estimate of drug-likeness (QED) is 0.196. The van der Waals surface area contributed by atoms with Crippen molar-refractivity contribution in [3.05, 3.63) is 115 Å². The molecule has 0 fully saturated rings. The van der Waals surface area contributed by atoms with Gasteiger partial charge in [-0.05, 0) is 35.8 Å². The fourth-order valence-corrected chi connectivity index (χ4v) is 5.51. The molecule has 0 spiro atoms. The van der Waals surface area contributed by atoms with Crippen LogP contribution in [0.1, 0.15) is 0 Å².